The first-order valence-corrected chi connectivity index (χ1v) is 9.17. The van der Waals surface area contributed by atoms with Crippen LogP contribution in [0.4, 0.5) is 13.2 Å². The molecule has 0 unspecified atom stereocenters. The predicted octanol–water partition coefficient (Wildman–Crippen LogP) is 2.93. The van der Waals surface area contributed by atoms with Crippen molar-refractivity contribution in [3.05, 3.63) is 35.5 Å². The zero-order valence-corrected chi connectivity index (χ0v) is 14.5. The molecule has 0 aromatic carbocycles. The van der Waals surface area contributed by atoms with Crippen LogP contribution in [0.5, 0.6) is 0 Å². The summed E-state index contributed by atoms with van der Waals surface area (Å²) in [6.45, 7) is 0. The third kappa shape index (κ3) is 2.47. The van der Waals surface area contributed by atoms with Crippen molar-refractivity contribution in [2.45, 2.75) is 56.2 Å². The highest BCUT2D eigenvalue weighted by Crippen LogP contribution is 2.51. The molecule has 0 radical (unpaired) electrons. The Hall–Kier alpha value is -2.45. The lowest BCUT2D eigenvalue weighted by molar-refractivity contribution is -0.163. The molecular formula is C18H18F3N5O. The normalized spacial score (nSPS) is 25.1. The minimum absolute atomic E-state index is 0.0828. The van der Waals surface area contributed by atoms with Crippen molar-refractivity contribution < 1.29 is 18.0 Å². The number of carbonyl (C=O) groups excluding carboxylic acids is 1. The minimum Gasteiger partial charge on any atom is -0.336 e. The topological polar surface area (TPSA) is 72.7 Å². The van der Waals surface area contributed by atoms with E-state index < -0.39 is 17.6 Å². The van der Waals surface area contributed by atoms with Crippen LogP contribution in [0.1, 0.15) is 59.8 Å². The average molecular weight is 377 g/mol. The molecule has 6 nitrogen and oxygen atoms in total. The quantitative estimate of drug-likeness (QED) is 0.893. The number of amides is 1. The molecule has 0 saturated heterocycles. The van der Waals surface area contributed by atoms with Crippen LogP contribution in [0.15, 0.2) is 18.6 Å². The summed E-state index contributed by atoms with van der Waals surface area (Å²) in [5.74, 6) is 0.430. The summed E-state index contributed by atoms with van der Waals surface area (Å²) < 4.78 is 41.3. The number of halogens is 3. The Kier molecular flexibility index (Phi) is 3.42. The summed E-state index contributed by atoms with van der Waals surface area (Å²) in [6.07, 6.45) is 3.87. The van der Waals surface area contributed by atoms with Gasteiger partial charge < -0.3 is 5.32 Å². The van der Waals surface area contributed by atoms with Gasteiger partial charge in [-0.1, -0.05) is 6.42 Å². The van der Waals surface area contributed by atoms with E-state index in [2.05, 4.69) is 20.4 Å². The second-order valence-electron chi connectivity index (χ2n) is 7.72. The van der Waals surface area contributed by atoms with Gasteiger partial charge in [-0.3, -0.25) is 9.78 Å². The highest BCUT2D eigenvalue weighted by atomic mass is 19.4. The Labute approximate surface area is 153 Å². The fourth-order valence-electron chi connectivity index (χ4n) is 4.59. The molecule has 2 atom stereocenters. The van der Waals surface area contributed by atoms with Crippen LogP contribution in [-0.4, -0.2) is 37.4 Å². The monoisotopic (exact) mass is 377 g/mol. The number of nitrogens with zero attached hydrogens (tertiary/aromatic N) is 4. The molecule has 0 aliphatic heterocycles. The molecule has 1 amide bonds. The van der Waals surface area contributed by atoms with Crippen molar-refractivity contribution in [1.29, 1.82) is 0 Å². The van der Waals surface area contributed by atoms with E-state index in [9.17, 15) is 18.0 Å². The Bertz CT molecular complexity index is 904. The summed E-state index contributed by atoms with van der Waals surface area (Å²) in [6, 6.07) is 0. The number of nitrogens with one attached hydrogen (secondary N) is 1. The van der Waals surface area contributed by atoms with Gasteiger partial charge in [-0.05, 0) is 38.0 Å². The van der Waals surface area contributed by atoms with Gasteiger partial charge in [0.25, 0.3) is 5.91 Å². The van der Waals surface area contributed by atoms with E-state index in [0.29, 0.717) is 18.2 Å². The molecule has 2 aromatic rings. The highest BCUT2D eigenvalue weighted by Gasteiger charge is 2.64. The third-order valence-corrected chi connectivity index (χ3v) is 6.13. The SMILES string of the molecule is O=C(NC1(C(F)(F)F)CC1)c1nn(-c2cnccn2)c2c1C[C@@H]1CCC[C@H]21. The molecule has 3 aliphatic carbocycles. The van der Waals surface area contributed by atoms with Gasteiger partial charge in [0.2, 0.25) is 0 Å². The molecule has 2 heterocycles. The molecule has 9 heteroatoms. The Morgan fingerprint density at radius 3 is 2.74 bits per heavy atom. The molecule has 27 heavy (non-hydrogen) atoms. The third-order valence-electron chi connectivity index (χ3n) is 6.13. The summed E-state index contributed by atoms with van der Waals surface area (Å²) >= 11 is 0. The molecule has 142 valence electrons. The number of carbonyl (C=O) groups is 1. The second kappa shape index (κ2) is 5.53. The van der Waals surface area contributed by atoms with Crippen LogP contribution < -0.4 is 5.32 Å². The summed E-state index contributed by atoms with van der Waals surface area (Å²) in [5, 5.41) is 6.60. The van der Waals surface area contributed by atoms with Crippen LogP contribution in [0.3, 0.4) is 0 Å². The number of hydrogen-bond acceptors (Lipinski definition) is 4. The van der Waals surface area contributed by atoms with Crippen LogP contribution in [0, 0.1) is 5.92 Å². The molecule has 3 aliphatic rings. The summed E-state index contributed by atoms with van der Waals surface area (Å²) in [5.41, 5.74) is -0.312. The largest absolute Gasteiger partial charge is 0.411 e. The van der Waals surface area contributed by atoms with Crippen LogP contribution in [0.25, 0.3) is 5.82 Å². The number of rotatable bonds is 3. The maximum absolute atomic E-state index is 13.2. The van der Waals surface area contributed by atoms with Crippen molar-refractivity contribution in [2.75, 3.05) is 0 Å². The van der Waals surface area contributed by atoms with E-state index in [4.69, 9.17) is 0 Å². The number of fused-ring (bicyclic) bond motifs is 3. The Morgan fingerprint density at radius 1 is 1.26 bits per heavy atom. The fourth-order valence-corrected chi connectivity index (χ4v) is 4.59. The Morgan fingerprint density at radius 2 is 2.07 bits per heavy atom. The Balaban J connectivity index is 1.55. The second-order valence-corrected chi connectivity index (χ2v) is 7.72. The van der Waals surface area contributed by atoms with Gasteiger partial charge in [0.1, 0.15) is 5.54 Å². The first-order chi connectivity index (χ1) is 12.9. The number of alkyl halides is 3. The first kappa shape index (κ1) is 16.7. The van der Waals surface area contributed by atoms with Crippen molar-refractivity contribution in [1.82, 2.24) is 25.1 Å². The zero-order chi connectivity index (χ0) is 18.8. The lowest BCUT2D eigenvalue weighted by Crippen LogP contribution is -2.48. The van der Waals surface area contributed by atoms with Gasteiger partial charge >= 0.3 is 6.18 Å². The standard InChI is InChI=1S/C18H18F3N5O/c19-18(20,21)17(4-5-17)24-16(27)14-12-8-10-2-1-3-11(10)15(12)26(25-14)13-9-22-6-7-23-13/h6-7,9-11H,1-5,8H2,(H,24,27)/t10-,11-/m0/s1. The molecule has 2 saturated carbocycles. The molecule has 1 N–H and O–H groups in total. The van der Waals surface area contributed by atoms with E-state index >= 15 is 0 Å². The molecular weight excluding hydrogens is 359 g/mol. The van der Waals surface area contributed by atoms with Gasteiger partial charge in [-0.15, -0.1) is 0 Å². The van der Waals surface area contributed by atoms with Gasteiger partial charge in [0.15, 0.2) is 11.5 Å². The van der Waals surface area contributed by atoms with Crippen molar-refractivity contribution >= 4 is 5.91 Å². The zero-order valence-electron chi connectivity index (χ0n) is 14.5. The van der Waals surface area contributed by atoms with E-state index in [-0.39, 0.29) is 24.5 Å². The molecule has 0 spiro atoms. The van der Waals surface area contributed by atoms with Crippen LogP contribution in [-0.2, 0) is 6.42 Å². The lowest BCUT2D eigenvalue weighted by Gasteiger charge is -2.20. The first-order valence-electron chi connectivity index (χ1n) is 9.17. The fraction of sp³-hybridized carbons (Fsp3) is 0.556. The lowest BCUT2D eigenvalue weighted by atomic mass is 9.99. The van der Waals surface area contributed by atoms with Crippen LogP contribution in [0.2, 0.25) is 0 Å². The maximum Gasteiger partial charge on any atom is 0.411 e. The number of aromatic nitrogens is 4. The molecule has 2 fully saturated rings. The van der Waals surface area contributed by atoms with E-state index in [1.807, 2.05) is 0 Å². The van der Waals surface area contributed by atoms with Gasteiger partial charge in [-0.25, -0.2) is 9.67 Å². The molecule has 5 rings (SSSR count). The molecule has 2 aromatic heterocycles. The number of hydrogen-bond donors (Lipinski definition) is 1. The van der Waals surface area contributed by atoms with E-state index in [1.54, 1.807) is 17.1 Å². The summed E-state index contributed by atoms with van der Waals surface area (Å²) in [4.78, 5) is 21.1. The van der Waals surface area contributed by atoms with Crippen LogP contribution >= 0.6 is 0 Å². The van der Waals surface area contributed by atoms with Gasteiger partial charge in [0.05, 0.1) is 11.9 Å². The maximum atomic E-state index is 13.2. The smallest absolute Gasteiger partial charge is 0.336 e. The van der Waals surface area contributed by atoms with Gasteiger partial charge in [-0.2, -0.15) is 18.3 Å². The molecule has 0 bridgehead atoms. The van der Waals surface area contributed by atoms with Crippen molar-refractivity contribution in [3.63, 3.8) is 0 Å². The van der Waals surface area contributed by atoms with Crippen molar-refractivity contribution in [3.8, 4) is 5.82 Å². The van der Waals surface area contributed by atoms with Crippen molar-refractivity contribution in [2.24, 2.45) is 5.92 Å². The highest BCUT2D eigenvalue weighted by molar-refractivity contribution is 5.95. The minimum atomic E-state index is -4.45. The summed E-state index contributed by atoms with van der Waals surface area (Å²) in [7, 11) is 0. The predicted molar refractivity (Wildman–Crippen MR) is 88.4 cm³/mol. The van der Waals surface area contributed by atoms with E-state index in [1.165, 1.54) is 6.20 Å². The average Bonchev–Trinajstić information content (AvgIpc) is 2.99. The van der Waals surface area contributed by atoms with Gasteiger partial charge in [0, 0.05) is 23.9 Å². The van der Waals surface area contributed by atoms with E-state index in [0.717, 1.165) is 30.5 Å².